The minimum atomic E-state index is -0.172. The van der Waals surface area contributed by atoms with Gasteiger partial charge in [-0.05, 0) is 59.7 Å². The van der Waals surface area contributed by atoms with E-state index in [2.05, 4.69) is 18.2 Å². The molecule has 4 nitrogen and oxygen atoms in total. The number of rotatable bonds is 2. The Hall–Kier alpha value is -4.23. The molecule has 0 atom stereocenters. The highest BCUT2D eigenvalue weighted by Crippen LogP contribution is 2.31. The number of carbonyl (C=O) groups is 1. The molecule has 0 spiro atoms. The predicted octanol–water partition coefficient (Wildman–Crippen LogP) is 5.73. The van der Waals surface area contributed by atoms with Gasteiger partial charge in [0, 0.05) is 11.1 Å². The Kier molecular flexibility index (Phi) is 4.15. The van der Waals surface area contributed by atoms with Crippen LogP contribution >= 0.6 is 0 Å². The van der Waals surface area contributed by atoms with Crippen LogP contribution in [0.1, 0.15) is 21.5 Å². The fourth-order valence-corrected chi connectivity index (χ4v) is 3.81. The van der Waals surface area contributed by atoms with Gasteiger partial charge in [0.2, 0.25) is 0 Å². The molecule has 4 aromatic carbocycles. The van der Waals surface area contributed by atoms with Gasteiger partial charge in [0.15, 0.2) is 0 Å². The maximum Gasteiger partial charge on any atom is 0.264 e. The molecule has 5 rings (SSSR count). The number of imidazole rings is 1. The Morgan fingerprint density at radius 2 is 1.70 bits per heavy atom. The molecule has 0 unspecified atom stereocenters. The van der Waals surface area contributed by atoms with E-state index in [1.54, 1.807) is 28.8 Å². The third kappa shape index (κ3) is 2.85. The summed E-state index contributed by atoms with van der Waals surface area (Å²) >= 11 is 0. The Morgan fingerprint density at radius 3 is 2.50 bits per heavy atom. The maximum atomic E-state index is 13.6. The van der Waals surface area contributed by atoms with Crippen LogP contribution in [0, 0.1) is 18.3 Å². The van der Waals surface area contributed by atoms with Gasteiger partial charge in [-0.25, -0.2) is 4.98 Å². The Labute approximate surface area is 173 Å². The first kappa shape index (κ1) is 17.8. The number of nitriles is 1. The Balaban J connectivity index is 1.80. The van der Waals surface area contributed by atoms with Crippen LogP contribution in [0.3, 0.4) is 0 Å². The van der Waals surface area contributed by atoms with Gasteiger partial charge >= 0.3 is 0 Å². The second kappa shape index (κ2) is 6.98. The van der Waals surface area contributed by atoms with Crippen molar-refractivity contribution in [3.8, 4) is 17.5 Å². The van der Waals surface area contributed by atoms with Crippen molar-refractivity contribution >= 4 is 27.7 Å². The average Bonchev–Trinajstić information content (AvgIpc) is 3.16. The zero-order chi connectivity index (χ0) is 20.7. The number of aromatic nitrogens is 2. The van der Waals surface area contributed by atoms with E-state index in [1.807, 2.05) is 55.5 Å². The van der Waals surface area contributed by atoms with Crippen molar-refractivity contribution in [2.75, 3.05) is 0 Å². The van der Waals surface area contributed by atoms with Crippen molar-refractivity contribution in [1.29, 1.82) is 5.26 Å². The highest BCUT2D eigenvalue weighted by atomic mass is 16.2. The molecule has 142 valence electrons. The van der Waals surface area contributed by atoms with Crippen LogP contribution in [0.15, 0.2) is 84.9 Å². The lowest BCUT2D eigenvalue weighted by Crippen LogP contribution is -2.13. The van der Waals surface area contributed by atoms with Gasteiger partial charge in [-0.2, -0.15) is 5.26 Å². The number of aryl methyl sites for hydroxylation is 1. The first-order valence-corrected chi connectivity index (χ1v) is 9.68. The van der Waals surface area contributed by atoms with E-state index in [-0.39, 0.29) is 5.91 Å². The molecular formula is C26H17N3O. The van der Waals surface area contributed by atoms with Gasteiger partial charge in [-0.15, -0.1) is 0 Å². The topological polar surface area (TPSA) is 58.7 Å². The highest BCUT2D eigenvalue weighted by molar-refractivity contribution is 6.06. The van der Waals surface area contributed by atoms with E-state index in [0.29, 0.717) is 17.0 Å². The number of hydrogen-bond donors (Lipinski definition) is 0. The molecule has 0 aliphatic rings. The molecule has 0 fully saturated rings. The Morgan fingerprint density at radius 1 is 0.933 bits per heavy atom. The summed E-state index contributed by atoms with van der Waals surface area (Å²) < 4.78 is 1.68. The van der Waals surface area contributed by atoms with Gasteiger partial charge in [-0.1, -0.05) is 48.5 Å². The van der Waals surface area contributed by atoms with Crippen LogP contribution in [-0.2, 0) is 0 Å². The van der Waals surface area contributed by atoms with Crippen molar-refractivity contribution < 1.29 is 4.79 Å². The summed E-state index contributed by atoms with van der Waals surface area (Å²) in [4.78, 5) is 18.4. The van der Waals surface area contributed by atoms with Crippen LogP contribution in [-0.4, -0.2) is 15.5 Å². The number of nitrogens with zero attached hydrogens (tertiary/aromatic N) is 3. The molecule has 30 heavy (non-hydrogen) atoms. The van der Waals surface area contributed by atoms with Gasteiger partial charge < -0.3 is 0 Å². The van der Waals surface area contributed by atoms with Crippen molar-refractivity contribution in [3.63, 3.8) is 0 Å². The third-order valence-corrected chi connectivity index (χ3v) is 5.30. The van der Waals surface area contributed by atoms with Gasteiger partial charge in [0.1, 0.15) is 5.82 Å². The molecule has 5 aromatic rings. The van der Waals surface area contributed by atoms with Crippen molar-refractivity contribution in [2.24, 2.45) is 0 Å². The quantitative estimate of drug-likeness (QED) is 0.389. The lowest BCUT2D eigenvalue weighted by molar-refractivity contribution is 0.0966. The Bertz CT molecular complexity index is 1470. The highest BCUT2D eigenvalue weighted by Gasteiger charge is 2.21. The molecule has 0 saturated heterocycles. The van der Waals surface area contributed by atoms with Crippen molar-refractivity contribution in [1.82, 2.24) is 9.55 Å². The van der Waals surface area contributed by atoms with Crippen LogP contribution < -0.4 is 0 Å². The number of hydrogen-bond acceptors (Lipinski definition) is 3. The summed E-state index contributed by atoms with van der Waals surface area (Å²) in [5, 5.41) is 11.2. The lowest BCUT2D eigenvalue weighted by Gasteiger charge is -2.10. The molecule has 0 bridgehead atoms. The molecule has 0 aliphatic heterocycles. The number of fused-ring (bicyclic) bond motifs is 2. The van der Waals surface area contributed by atoms with Crippen molar-refractivity contribution in [2.45, 2.75) is 6.92 Å². The molecule has 0 amide bonds. The average molecular weight is 387 g/mol. The second-order valence-corrected chi connectivity index (χ2v) is 7.28. The molecule has 0 radical (unpaired) electrons. The summed E-state index contributed by atoms with van der Waals surface area (Å²) in [6.45, 7) is 2.01. The number of carbonyl (C=O) groups excluding carboxylic acids is 1. The van der Waals surface area contributed by atoms with E-state index in [0.717, 1.165) is 32.9 Å². The smallest absolute Gasteiger partial charge is 0.264 e. The molecule has 1 heterocycles. The predicted molar refractivity (Wildman–Crippen MR) is 118 cm³/mol. The van der Waals surface area contributed by atoms with Gasteiger partial charge in [0.25, 0.3) is 5.91 Å². The summed E-state index contributed by atoms with van der Waals surface area (Å²) in [7, 11) is 0. The van der Waals surface area contributed by atoms with Gasteiger partial charge in [0.05, 0.1) is 22.7 Å². The van der Waals surface area contributed by atoms with E-state index in [1.165, 1.54) is 0 Å². The summed E-state index contributed by atoms with van der Waals surface area (Å²) in [5.41, 5.74) is 4.56. The molecule has 0 N–H and O–H groups in total. The standard InChI is InChI=1S/C26H17N3O/c1-17-9-14-24-23(15-17)28-25(22-8-4-6-19-5-2-3-7-21(19)22)29(24)26(30)20-12-10-18(16-27)11-13-20/h2-15H,1H3. The SMILES string of the molecule is Cc1ccc2c(c1)nc(-c1cccc3ccccc13)n2C(=O)c1ccc(C#N)cc1. The van der Waals surface area contributed by atoms with Crippen LogP contribution in [0.2, 0.25) is 0 Å². The second-order valence-electron chi connectivity index (χ2n) is 7.28. The lowest BCUT2D eigenvalue weighted by atomic mass is 10.0. The van der Waals surface area contributed by atoms with Crippen LogP contribution in [0.25, 0.3) is 33.2 Å². The van der Waals surface area contributed by atoms with E-state index in [4.69, 9.17) is 10.2 Å². The first-order chi connectivity index (χ1) is 14.7. The molecule has 1 aromatic heterocycles. The molecule has 0 aliphatic carbocycles. The third-order valence-electron chi connectivity index (χ3n) is 5.30. The van der Waals surface area contributed by atoms with E-state index >= 15 is 0 Å². The van der Waals surface area contributed by atoms with E-state index in [9.17, 15) is 4.79 Å². The maximum absolute atomic E-state index is 13.6. The minimum Gasteiger partial charge on any atom is -0.268 e. The fourth-order valence-electron chi connectivity index (χ4n) is 3.81. The minimum absolute atomic E-state index is 0.172. The normalized spacial score (nSPS) is 10.9. The zero-order valence-electron chi connectivity index (χ0n) is 16.3. The summed E-state index contributed by atoms with van der Waals surface area (Å²) in [5.74, 6) is 0.440. The zero-order valence-corrected chi connectivity index (χ0v) is 16.3. The molecular weight excluding hydrogens is 370 g/mol. The van der Waals surface area contributed by atoms with Crippen LogP contribution in [0.5, 0.6) is 0 Å². The summed E-state index contributed by atoms with van der Waals surface area (Å²) in [6, 6.07) is 28.8. The molecule has 4 heteroatoms. The van der Waals surface area contributed by atoms with Gasteiger partial charge in [-0.3, -0.25) is 9.36 Å². The summed E-state index contributed by atoms with van der Waals surface area (Å²) in [6.07, 6.45) is 0. The fraction of sp³-hybridized carbons (Fsp3) is 0.0385. The first-order valence-electron chi connectivity index (χ1n) is 9.68. The largest absolute Gasteiger partial charge is 0.268 e. The van der Waals surface area contributed by atoms with Crippen LogP contribution in [0.4, 0.5) is 0 Å². The van der Waals surface area contributed by atoms with Crippen molar-refractivity contribution in [3.05, 3.63) is 102 Å². The number of benzene rings is 4. The van der Waals surface area contributed by atoms with E-state index < -0.39 is 0 Å². The molecule has 0 saturated carbocycles. The monoisotopic (exact) mass is 387 g/mol.